The molecule has 0 spiro atoms. The molecule has 4 aromatic rings. The molecule has 0 radical (unpaired) electrons. The number of likely N-dealkylation sites (tertiary alicyclic amines) is 1. The van der Waals surface area contributed by atoms with Gasteiger partial charge in [0.05, 0.1) is 22.7 Å². The summed E-state index contributed by atoms with van der Waals surface area (Å²) in [7, 11) is 0. The molecule has 154 valence electrons. The molecule has 29 heavy (non-hydrogen) atoms. The van der Waals surface area contributed by atoms with Crippen LogP contribution in [0.3, 0.4) is 0 Å². The van der Waals surface area contributed by atoms with E-state index in [1.54, 1.807) is 11.0 Å². The van der Waals surface area contributed by atoms with Gasteiger partial charge in [-0.15, -0.1) is 0 Å². The number of aryl methyl sites for hydroxylation is 1. The highest BCUT2D eigenvalue weighted by molar-refractivity contribution is 5.97. The predicted molar refractivity (Wildman–Crippen MR) is 112 cm³/mol. The number of pyridine rings is 1. The molecule has 0 unspecified atom stereocenters. The number of piperidine rings is 1. The average molecular weight is 400 g/mol. The first kappa shape index (κ1) is 17.6. The van der Waals surface area contributed by atoms with Crippen molar-refractivity contribution in [2.24, 2.45) is 0 Å². The Hall–Kier alpha value is -3.49. The van der Waals surface area contributed by atoms with Gasteiger partial charge in [0.2, 0.25) is 0 Å². The lowest BCUT2D eigenvalue weighted by molar-refractivity contribution is 0.0713. The Balaban J connectivity index is 0.00000121. The SMILES string of the molecule is Cc1nc2ccc(C(=O)N3CCC(c4c(F)cnc5[nH]c(=O)[nH]c45)CC3)cc2[nH]1.[HH].[HH].[HH]. The van der Waals surface area contributed by atoms with Gasteiger partial charge in [0.25, 0.3) is 5.91 Å². The van der Waals surface area contributed by atoms with Crippen molar-refractivity contribution in [1.82, 2.24) is 29.8 Å². The molecule has 1 aliphatic heterocycles. The van der Waals surface area contributed by atoms with Gasteiger partial charge < -0.3 is 14.9 Å². The summed E-state index contributed by atoms with van der Waals surface area (Å²) in [6.45, 7) is 2.90. The molecule has 0 bridgehead atoms. The van der Waals surface area contributed by atoms with E-state index in [4.69, 9.17) is 0 Å². The zero-order valence-corrected chi connectivity index (χ0v) is 15.8. The van der Waals surface area contributed by atoms with E-state index in [1.165, 1.54) is 0 Å². The van der Waals surface area contributed by atoms with Crippen LogP contribution in [0.15, 0.2) is 29.2 Å². The first-order valence-corrected chi connectivity index (χ1v) is 9.51. The number of H-pyrrole nitrogens is 3. The number of nitrogens with one attached hydrogen (secondary N) is 3. The number of aromatic amines is 3. The van der Waals surface area contributed by atoms with Crippen LogP contribution in [-0.4, -0.2) is 48.8 Å². The third-order valence-corrected chi connectivity index (χ3v) is 5.58. The highest BCUT2D eigenvalue weighted by atomic mass is 19.1. The van der Waals surface area contributed by atoms with Gasteiger partial charge in [-0.2, -0.15) is 0 Å². The molecule has 5 rings (SSSR count). The Morgan fingerprint density at radius 3 is 2.83 bits per heavy atom. The summed E-state index contributed by atoms with van der Waals surface area (Å²) in [6, 6.07) is 5.44. The first-order valence-electron chi connectivity index (χ1n) is 9.51. The Labute approximate surface area is 168 Å². The molecule has 1 aromatic carbocycles. The monoisotopic (exact) mass is 400 g/mol. The number of hydrogen-bond acceptors (Lipinski definition) is 4. The fourth-order valence-electron chi connectivity index (χ4n) is 4.20. The molecule has 1 amide bonds. The van der Waals surface area contributed by atoms with Crippen molar-refractivity contribution in [3.63, 3.8) is 0 Å². The third kappa shape index (κ3) is 2.98. The van der Waals surface area contributed by atoms with Crippen molar-refractivity contribution < 1.29 is 13.5 Å². The molecule has 9 heteroatoms. The molecule has 0 aliphatic carbocycles. The van der Waals surface area contributed by atoms with Gasteiger partial charge in [0, 0.05) is 28.5 Å². The number of nitrogens with zero attached hydrogens (tertiary/aromatic N) is 3. The van der Waals surface area contributed by atoms with Crippen LogP contribution >= 0.6 is 0 Å². The van der Waals surface area contributed by atoms with Gasteiger partial charge in [-0.3, -0.25) is 9.78 Å². The fraction of sp³-hybridized carbons (Fsp3) is 0.300. The number of imidazole rings is 2. The van der Waals surface area contributed by atoms with E-state index >= 15 is 0 Å². The van der Waals surface area contributed by atoms with Crippen LogP contribution in [0.5, 0.6) is 0 Å². The number of fused-ring (bicyclic) bond motifs is 2. The number of rotatable bonds is 2. The van der Waals surface area contributed by atoms with Gasteiger partial charge in [-0.05, 0) is 43.9 Å². The molecule has 1 saturated heterocycles. The number of benzene rings is 1. The molecular formula is C20H25FN6O2. The van der Waals surface area contributed by atoms with Crippen molar-refractivity contribution in [2.45, 2.75) is 25.7 Å². The number of carbonyl (C=O) groups is 1. The van der Waals surface area contributed by atoms with E-state index < -0.39 is 11.5 Å². The molecule has 0 atom stereocenters. The second-order valence-corrected chi connectivity index (χ2v) is 7.44. The molecule has 1 fully saturated rings. The lowest BCUT2D eigenvalue weighted by Crippen LogP contribution is -2.38. The van der Waals surface area contributed by atoms with Gasteiger partial charge >= 0.3 is 5.69 Å². The minimum Gasteiger partial charge on any atom is -0.342 e. The summed E-state index contributed by atoms with van der Waals surface area (Å²) in [6.07, 6.45) is 2.36. The van der Waals surface area contributed by atoms with Crippen molar-refractivity contribution in [3.8, 4) is 0 Å². The molecule has 3 N–H and O–H groups in total. The molecule has 4 heterocycles. The van der Waals surface area contributed by atoms with Gasteiger partial charge in [0.1, 0.15) is 11.6 Å². The normalized spacial score (nSPS) is 15.4. The third-order valence-electron chi connectivity index (χ3n) is 5.58. The minimum atomic E-state index is -0.433. The maximum Gasteiger partial charge on any atom is 0.325 e. The van der Waals surface area contributed by atoms with E-state index in [9.17, 15) is 14.0 Å². The standard InChI is InChI=1S/C20H19FN6O2.3H2/c1-10-23-14-3-2-12(8-15(14)24-10)19(28)27-6-4-11(5-7-27)16-13(21)9-22-18-17(16)25-20(29)26-18;;;/h2-3,8-9,11H,4-7H2,1H3,(H,23,24)(H2,22,25,26,29);3*1H. The van der Waals surface area contributed by atoms with Crippen molar-refractivity contribution in [1.29, 1.82) is 0 Å². The lowest BCUT2D eigenvalue weighted by atomic mass is 9.88. The van der Waals surface area contributed by atoms with E-state index in [0.29, 0.717) is 48.2 Å². The van der Waals surface area contributed by atoms with Crippen molar-refractivity contribution in [2.75, 3.05) is 13.1 Å². The second kappa shape index (κ2) is 6.54. The Morgan fingerprint density at radius 2 is 2.03 bits per heavy atom. The number of aromatic nitrogens is 5. The number of halogens is 1. The summed E-state index contributed by atoms with van der Waals surface area (Å²) in [5, 5.41) is 0. The summed E-state index contributed by atoms with van der Waals surface area (Å²) in [4.78, 5) is 43.0. The summed E-state index contributed by atoms with van der Waals surface area (Å²) < 4.78 is 14.5. The maximum absolute atomic E-state index is 14.5. The smallest absolute Gasteiger partial charge is 0.325 e. The molecule has 8 nitrogen and oxygen atoms in total. The summed E-state index contributed by atoms with van der Waals surface area (Å²) in [5.41, 5.74) is 3.10. The zero-order chi connectivity index (χ0) is 20.1. The van der Waals surface area contributed by atoms with Gasteiger partial charge in [0.15, 0.2) is 5.65 Å². The van der Waals surface area contributed by atoms with Gasteiger partial charge in [-0.25, -0.2) is 19.2 Å². The quantitative estimate of drug-likeness (QED) is 0.479. The number of carbonyl (C=O) groups excluding carboxylic acids is 1. The molecule has 1 aliphatic rings. The largest absolute Gasteiger partial charge is 0.342 e. The molecule has 3 aromatic heterocycles. The van der Waals surface area contributed by atoms with Crippen LogP contribution in [0.1, 0.15) is 44.8 Å². The Bertz CT molecular complexity index is 1310. The van der Waals surface area contributed by atoms with Crippen LogP contribution in [-0.2, 0) is 0 Å². The predicted octanol–water partition coefficient (Wildman–Crippen LogP) is 3.33. The van der Waals surface area contributed by atoms with Crippen LogP contribution in [0.4, 0.5) is 4.39 Å². The van der Waals surface area contributed by atoms with Crippen molar-refractivity contribution >= 4 is 28.1 Å². The second-order valence-electron chi connectivity index (χ2n) is 7.44. The van der Waals surface area contributed by atoms with E-state index in [1.807, 2.05) is 19.1 Å². The first-order chi connectivity index (χ1) is 14.0. The highest BCUT2D eigenvalue weighted by Crippen LogP contribution is 2.33. The molecular weight excluding hydrogens is 375 g/mol. The van der Waals surface area contributed by atoms with Gasteiger partial charge in [-0.1, -0.05) is 0 Å². The van der Waals surface area contributed by atoms with E-state index in [2.05, 4.69) is 24.9 Å². The van der Waals surface area contributed by atoms with Crippen LogP contribution in [0.2, 0.25) is 0 Å². The number of amides is 1. The summed E-state index contributed by atoms with van der Waals surface area (Å²) >= 11 is 0. The minimum absolute atomic E-state index is 0. The van der Waals surface area contributed by atoms with Crippen LogP contribution < -0.4 is 5.69 Å². The average Bonchev–Trinajstić information content (AvgIpc) is 3.27. The molecule has 0 saturated carbocycles. The highest BCUT2D eigenvalue weighted by Gasteiger charge is 2.28. The van der Waals surface area contributed by atoms with E-state index in [-0.39, 0.29) is 16.1 Å². The summed E-state index contributed by atoms with van der Waals surface area (Å²) in [5.74, 6) is 0.234. The van der Waals surface area contributed by atoms with Crippen LogP contribution in [0.25, 0.3) is 22.2 Å². The fourth-order valence-corrected chi connectivity index (χ4v) is 4.20. The Morgan fingerprint density at radius 1 is 1.24 bits per heavy atom. The number of hydrogen-bond donors (Lipinski definition) is 3. The Kier molecular flexibility index (Phi) is 3.97. The lowest BCUT2D eigenvalue weighted by Gasteiger charge is -2.32. The van der Waals surface area contributed by atoms with Crippen molar-refractivity contribution in [3.05, 3.63) is 57.6 Å². The maximum atomic E-state index is 14.5. The van der Waals surface area contributed by atoms with E-state index in [0.717, 1.165) is 23.1 Å². The topological polar surface area (TPSA) is 111 Å². The van der Waals surface area contributed by atoms with Crippen LogP contribution in [0, 0.1) is 12.7 Å². The zero-order valence-electron chi connectivity index (χ0n) is 15.8.